The molecule has 2 nitrogen and oxygen atoms in total. The van der Waals surface area contributed by atoms with Crippen LogP contribution in [0.5, 0.6) is 0 Å². The van der Waals surface area contributed by atoms with Gasteiger partial charge in [-0.05, 0) is 0 Å². The Morgan fingerprint density at radius 2 is 1.60 bits per heavy atom. The van der Waals surface area contributed by atoms with Crippen LogP contribution in [0, 0.1) is 0 Å². The molecule has 1 unspecified atom stereocenters. The fourth-order valence-electron chi connectivity index (χ4n) is 0.175. The third-order valence-electron chi connectivity index (χ3n) is 0.504. The number of alkyl halides is 5. The lowest BCUT2D eigenvalue weighted by Gasteiger charge is -2.13. The molecule has 0 aliphatic carbocycles. The Bertz CT molecular complexity index is 103. The molecule has 0 spiro atoms. The Balaban J connectivity index is 3.87. The van der Waals surface area contributed by atoms with Crippen molar-refractivity contribution in [3.05, 3.63) is 0 Å². The lowest BCUT2D eigenvalue weighted by atomic mass is 10.7. The highest BCUT2D eigenvalue weighted by Crippen LogP contribution is 2.25. The van der Waals surface area contributed by atoms with Gasteiger partial charge in [-0.15, -0.1) is 0 Å². The van der Waals surface area contributed by atoms with Crippen molar-refractivity contribution in [3.8, 4) is 0 Å². The zero-order valence-electron chi connectivity index (χ0n) is 4.36. The molecule has 1 radical (unpaired) electrons. The van der Waals surface area contributed by atoms with E-state index in [1.165, 1.54) is 0 Å². The molecule has 7 heteroatoms. The lowest BCUT2D eigenvalue weighted by Crippen LogP contribution is -2.32. The smallest absolute Gasteiger partial charge is 0.255 e. The predicted molar refractivity (Wildman–Crippen MR) is 17.6 cm³/mol. The molecular weight excluding hydrogens is 163 g/mol. The summed E-state index contributed by atoms with van der Waals surface area (Å²) in [6.07, 6.45) is -9.19. The first-order valence-electron chi connectivity index (χ1n) is 2.00. The number of hydrogen-bond acceptors (Lipinski definition) is 1. The average molecular weight is 165 g/mol. The Morgan fingerprint density at radius 1 is 1.20 bits per heavy atom. The van der Waals surface area contributed by atoms with Crippen LogP contribution in [0.25, 0.3) is 0 Å². The van der Waals surface area contributed by atoms with E-state index in [0.29, 0.717) is 0 Å². The maximum Gasteiger partial charge on any atom is 0.420 e. The molecule has 0 saturated heterocycles. The van der Waals surface area contributed by atoms with Crippen molar-refractivity contribution in [2.45, 2.75) is 19.1 Å². The Morgan fingerprint density at radius 3 is 1.70 bits per heavy atom. The second-order valence-corrected chi connectivity index (χ2v) is 1.25. The van der Waals surface area contributed by atoms with Crippen LogP contribution >= 0.6 is 0 Å². The van der Waals surface area contributed by atoms with E-state index in [1.54, 1.807) is 0 Å². The van der Waals surface area contributed by atoms with Crippen LogP contribution < -0.4 is 0 Å². The highest BCUT2D eigenvalue weighted by molar-refractivity contribution is 4.53. The highest BCUT2D eigenvalue weighted by Gasteiger charge is 2.44. The van der Waals surface area contributed by atoms with E-state index in [-0.39, 0.29) is 0 Å². The van der Waals surface area contributed by atoms with Gasteiger partial charge in [0.05, 0.1) is 0 Å². The fraction of sp³-hybridized carbons (Fsp3) is 1.00. The molecule has 0 N–H and O–H groups in total. The summed E-state index contributed by atoms with van der Waals surface area (Å²) < 4.78 is 58.1. The van der Waals surface area contributed by atoms with Crippen LogP contribution in [0.3, 0.4) is 0 Å². The van der Waals surface area contributed by atoms with Crippen LogP contribution in [-0.2, 0) is 9.84 Å². The average Bonchev–Trinajstić information content (AvgIpc) is 1.60. The van der Waals surface area contributed by atoms with E-state index < -0.39 is 19.1 Å². The third kappa shape index (κ3) is 2.92. The molecule has 1 atom stereocenters. The summed E-state index contributed by atoms with van der Waals surface area (Å²) in [7, 11) is 0. The number of hydrogen-bond donors (Lipinski definition) is 0. The number of ether oxygens (including phenoxy) is 1. The minimum Gasteiger partial charge on any atom is -0.255 e. The molecule has 0 aromatic carbocycles. The molecule has 0 aromatic heterocycles. The van der Waals surface area contributed by atoms with E-state index in [1.807, 2.05) is 0 Å². The topological polar surface area (TPSA) is 29.1 Å². The molecule has 0 aliphatic rings. The van der Waals surface area contributed by atoms with E-state index in [0.717, 1.165) is 0 Å². The van der Waals surface area contributed by atoms with Crippen LogP contribution in [0.15, 0.2) is 0 Å². The van der Waals surface area contributed by atoms with Gasteiger partial charge in [0.15, 0.2) is 0 Å². The Hall–Kier alpha value is -0.430. The normalized spacial score (nSPS) is 15.9. The van der Waals surface area contributed by atoms with Crippen molar-refractivity contribution in [3.63, 3.8) is 0 Å². The molecule has 0 aliphatic heterocycles. The van der Waals surface area contributed by atoms with E-state index in [4.69, 9.17) is 5.11 Å². The van der Waals surface area contributed by atoms with Crippen molar-refractivity contribution in [2.75, 3.05) is 0 Å². The molecule has 61 valence electrons. The molecule has 0 fully saturated rings. The SMILES string of the molecule is [O]C(F)OC(F)(F)C(F)F. The molecule has 0 aromatic rings. The van der Waals surface area contributed by atoms with Crippen molar-refractivity contribution < 1.29 is 31.8 Å². The van der Waals surface area contributed by atoms with Gasteiger partial charge >= 0.3 is 19.1 Å². The molecule has 0 bridgehead atoms. The summed E-state index contributed by atoms with van der Waals surface area (Å²) in [5.41, 5.74) is 0. The van der Waals surface area contributed by atoms with Crippen LogP contribution in [-0.4, -0.2) is 19.1 Å². The third-order valence-corrected chi connectivity index (χ3v) is 0.504. The standard InChI is InChI=1S/C3H2F5O2/c4-1(5)3(7,8)10-2(6)9/h1-2H. The van der Waals surface area contributed by atoms with E-state index >= 15 is 0 Å². The van der Waals surface area contributed by atoms with E-state index in [2.05, 4.69) is 4.74 Å². The molecule has 0 saturated carbocycles. The Kier molecular flexibility index (Phi) is 2.97. The van der Waals surface area contributed by atoms with Crippen LogP contribution in [0.4, 0.5) is 22.0 Å². The largest absolute Gasteiger partial charge is 0.420 e. The molecule has 0 rings (SSSR count). The second kappa shape index (κ2) is 3.11. The van der Waals surface area contributed by atoms with Gasteiger partial charge in [0.25, 0.3) is 0 Å². The zero-order valence-corrected chi connectivity index (χ0v) is 4.36. The van der Waals surface area contributed by atoms with Crippen molar-refractivity contribution in [1.82, 2.24) is 0 Å². The second-order valence-electron chi connectivity index (χ2n) is 1.25. The fourth-order valence-corrected chi connectivity index (χ4v) is 0.175. The molecular formula is C3H2F5O2. The summed E-state index contributed by atoms with van der Waals surface area (Å²) in [4.78, 5) is 0. The van der Waals surface area contributed by atoms with Crippen LogP contribution in [0.2, 0.25) is 0 Å². The minimum absolute atomic E-state index is 2.39. The first-order valence-corrected chi connectivity index (χ1v) is 2.00. The zero-order chi connectivity index (χ0) is 8.36. The van der Waals surface area contributed by atoms with Gasteiger partial charge in [0, 0.05) is 0 Å². The van der Waals surface area contributed by atoms with E-state index in [9.17, 15) is 22.0 Å². The van der Waals surface area contributed by atoms with Gasteiger partial charge in [-0.2, -0.15) is 18.3 Å². The number of rotatable bonds is 3. The maximum atomic E-state index is 11.4. The highest BCUT2D eigenvalue weighted by atomic mass is 19.3. The Labute approximate surface area is 52.2 Å². The lowest BCUT2D eigenvalue weighted by molar-refractivity contribution is -0.387. The number of halogens is 5. The van der Waals surface area contributed by atoms with Gasteiger partial charge in [0.2, 0.25) is 0 Å². The molecule has 0 heterocycles. The van der Waals surface area contributed by atoms with Gasteiger partial charge in [-0.1, -0.05) is 0 Å². The van der Waals surface area contributed by atoms with Crippen molar-refractivity contribution in [2.24, 2.45) is 0 Å². The van der Waals surface area contributed by atoms with Gasteiger partial charge < -0.3 is 0 Å². The van der Waals surface area contributed by atoms with Gasteiger partial charge in [-0.3, -0.25) is 4.74 Å². The van der Waals surface area contributed by atoms with Crippen molar-refractivity contribution in [1.29, 1.82) is 0 Å². The summed E-state index contributed by atoms with van der Waals surface area (Å²) in [6.45, 7) is -3.65. The quantitative estimate of drug-likeness (QED) is 0.460. The maximum absolute atomic E-state index is 11.4. The first-order chi connectivity index (χ1) is 4.36. The van der Waals surface area contributed by atoms with Crippen LogP contribution in [0.1, 0.15) is 0 Å². The summed E-state index contributed by atoms with van der Waals surface area (Å²) in [5.74, 6) is 0. The monoisotopic (exact) mass is 165 g/mol. The first kappa shape index (κ1) is 9.57. The summed E-state index contributed by atoms with van der Waals surface area (Å²) in [5, 5.41) is 9.14. The van der Waals surface area contributed by atoms with Gasteiger partial charge in [-0.25, -0.2) is 8.78 Å². The van der Waals surface area contributed by atoms with Crippen molar-refractivity contribution >= 4 is 0 Å². The summed E-state index contributed by atoms with van der Waals surface area (Å²) >= 11 is 0. The molecule has 10 heavy (non-hydrogen) atoms. The minimum atomic E-state index is -5.00. The predicted octanol–water partition coefficient (Wildman–Crippen LogP) is 1.54. The molecule has 0 amide bonds. The summed E-state index contributed by atoms with van der Waals surface area (Å²) in [6, 6.07) is 0. The van der Waals surface area contributed by atoms with Gasteiger partial charge in [0.1, 0.15) is 0 Å².